The summed E-state index contributed by atoms with van der Waals surface area (Å²) < 4.78 is 11.6. The molecule has 122 valence electrons. The topological polar surface area (TPSA) is 51.5 Å². The van der Waals surface area contributed by atoms with E-state index in [9.17, 15) is 4.79 Å². The van der Waals surface area contributed by atoms with Crippen molar-refractivity contribution in [2.45, 2.75) is 76.4 Å². The van der Waals surface area contributed by atoms with E-state index < -0.39 is 0 Å². The summed E-state index contributed by atoms with van der Waals surface area (Å²) in [5.74, 6) is 0.606. The average Bonchev–Trinajstić information content (AvgIpc) is 3.13. The van der Waals surface area contributed by atoms with Gasteiger partial charge in [-0.15, -0.1) is 0 Å². The minimum Gasteiger partial charge on any atom is -0.459 e. The second kappa shape index (κ2) is 6.45. The van der Waals surface area contributed by atoms with Gasteiger partial charge in [0, 0.05) is 12.1 Å². The molecular formula is C18H27NO3. The molecular weight excluding hydrogens is 278 g/mol. The fourth-order valence-electron chi connectivity index (χ4n) is 3.85. The van der Waals surface area contributed by atoms with Crippen LogP contribution in [0.3, 0.4) is 0 Å². The van der Waals surface area contributed by atoms with E-state index in [0.717, 1.165) is 18.4 Å². The van der Waals surface area contributed by atoms with Crippen LogP contribution < -0.4 is 5.32 Å². The van der Waals surface area contributed by atoms with Gasteiger partial charge in [-0.25, -0.2) is 0 Å². The van der Waals surface area contributed by atoms with Gasteiger partial charge in [-0.05, 0) is 37.7 Å². The van der Waals surface area contributed by atoms with Gasteiger partial charge in [-0.1, -0.05) is 33.1 Å². The maximum absolute atomic E-state index is 12.3. The predicted octanol–water partition coefficient (Wildman–Crippen LogP) is 4.01. The van der Waals surface area contributed by atoms with E-state index in [1.165, 1.54) is 32.1 Å². The lowest BCUT2D eigenvalue weighted by molar-refractivity contribution is -0.0618. The van der Waals surface area contributed by atoms with Crippen molar-refractivity contribution in [1.29, 1.82) is 0 Å². The highest BCUT2D eigenvalue weighted by molar-refractivity contribution is 5.93. The summed E-state index contributed by atoms with van der Waals surface area (Å²) in [6.45, 7) is 4.71. The minimum absolute atomic E-state index is 0.113. The normalized spacial score (nSPS) is 24.0. The lowest BCUT2D eigenvalue weighted by Crippen LogP contribution is -2.36. The molecule has 2 fully saturated rings. The first-order valence-electron chi connectivity index (χ1n) is 8.63. The molecule has 1 spiro atoms. The van der Waals surface area contributed by atoms with E-state index >= 15 is 0 Å². The molecule has 1 unspecified atom stereocenters. The summed E-state index contributed by atoms with van der Waals surface area (Å²) in [5.41, 5.74) is 1.08. The van der Waals surface area contributed by atoms with Gasteiger partial charge in [0.25, 0.3) is 5.91 Å². The first-order chi connectivity index (χ1) is 10.6. The van der Waals surface area contributed by atoms with E-state index in [-0.39, 0.29) is 23.5 Å². The zero-order chi connectivity index (χ0) is 15.6. The molecule has 4 heteroatoms. The third-order valence-corrected chi connectivity index (χ3v) is 5.12. The number of hydrogen-bond acceptors (Lipinski definition) is 3. The highest BCUT2D eigenvalue weighted by Gasteiger charge is 2.40. The molecule has 1 saturated carbocycles. The van der Waals surface area contributed by atoms with Crippen LogP contribution in [-0.2, 0) is 4.74 Å². The van der Waals surface area contributed by atoms with Crippen LogP contribution in [0.15, 0.2) is 16.7 Å². The maximum atomic E-state index is 12.3. The Morgan fingerprint density at radius 1 is 1.32 bits per heavy atom. The molecule has 1 N–H and O–H groups in total. The van der Waals surface area contributed by atoms with Gasteiger partial charge in [0.15, 0.2) is 5.76 Å². The Morgan fingerprint density at radius 2 is 2.09 bits per heavy atom. The Kier molecular flexibility index (Phi) is 4.57. The molecule has 0 bridgehead atoms. The lowest BCUT2D eigenvalue weighted by Gasteiger charge is -2.33. The summed E-state index contributed by atoms with van der Waals surface area (Å²) in [7, 11) is 0. The smallest absolute Gasteiger partial charge is 0.287 e. The van der Waals surface area contributed by atoms with Crippen LogP contribution in [0.4, 0.5) is 0 Å². The molecule has 0 aromatic carbocycles. The van der Waals surface area contributed by atoms with Crippen LogP contribution in [-0.4, -0.2) is 24.2 Å². The predicted molar refractivity (Wildman–Crippen MR) is 85.1 cm³/mol. The van der Waals surface area contributed by atoms with Gasteiger partial charge in [0.2, 0.25) is 0 Å². The van der Waals surface area contributed by atoms with E-state index in [1.807, 2.05) is 6.07 Å². The monoisotopic (exact) mass is 305 g/mol. The van der Waals surface area contributed by atoms with E-state index in [1.54, 1.807) is 6.26 Å². The van der Waals surface area contributed by atoms with Gasteiger partial charge < -0.3 is 14.5 Å². The molecule has 2 heterocycles. The number of rotatable bonds is 4. The molecule has 4 nitrogen and oxygen atoms in total. The van der Waals surface area contributed by atoms with Crippen molar-refractivity contribution < 1.29 is 13.9 Å². The Labute approximate surface area is 132 Å². The Morgan fingerprint density at radius 3 is 2.82 bits per heavy atom. The maximum Gasteiger partial charge on any atom is 0.287 e. The Balaban J connectivity index is 1.52. The van der Waals surface area contributed by atoms with Crippen LogP contribution in [0, 0.1) is 0 Å². The van der Waals surface area contributed by atoms with Crippen molar-refractivity contribution in [1.82, 2.24) is 5.32 Å². The number of carbonyl (C=O) groups excluding carboxylic acids is 1. The molecule has 1 saturated heterocycles. The van der Waals surface area contributed by atoms with Gasteiger partial charge in [0.05, 0.1) is 18.0 Å². The lowest BCUT2D eigenvalue weighted by atomic mass is 9.83. The van der Waals surface area contributed by atoms with Crippen LogP contribution in [0.25, 0.3) is 0 Å². The summed E-state index contributed by atoms with van der Waals surface area (Å²) >= 11 is 0. The van der Waals surface area contributed by atoms with Crippen molar-refractivity contribution >= 4 is 5.91 Å². The number of hydrogen-bond donors (Lipinski definition) is 1. The Bertz CT molecular complexity index is 514. The second-order valence-electron chi connectivity index (χ2n) is 7.09. The summed E-state index contributed by atoms with van der Waals surface area (Å²) in [4.78, 5) is 12.3. The van der Waals surface area contributed by atoms with Gasteiger partial charge >= 0.3 is 0 Å². The average molecular weight is 305 g/mol. The van der Waals surface area contributed by atoms with E-state index in [2.05, 4.69) is 19.2 Å². The van der Waals surface area contributed by atoms with Crippen molar-refractivity contribution in [3.63, 3.8) is 0 Å². The summed E-state index contributed by atoms with van der Waals surface area (Å²) in [6.07, 6.45) is 10.2. The molecule has 1 aromatic rings. The third kappa shape index (κ3) is 3.22. The molecule has 0 radical (unpaired) electrons. The first-order valence-corrected chi connectivity index (χ1v) is 8.63. The molecule has 1 aliphatic heterocycles. The highest BCUT2D eigenvalue weighted by Crippen LogP contribution is 2.41. The van der Waals surface area contributed by atoms with Crippen LogP contribution in [0.2, 0.25) is 0 Å². The quantitative estimate of drug-likeness (QED) is 0.914. The van der Waals surface area contributed by atoms with E-state index in [0.29, 0.717) is 12.3 Å². The van der Waals surface area contributed by atoms with Crippen molar-refractivity contribution in [3.05, 3.63) is 23.7 Å². The summed E-state index contributed by atoms with van der Waals surface area (Å²) in [6, 6.07) is 1.88. The molecule has 22 heavy (non-hydrogen) atoms. The van der Waals surface area contributed by atoms with Gasteiger partial charge in [-0.3, -0.25) is 4.79 Å². The largest absolute Gasteiger partial charge is 0.459 e. The van der Waals surface area contributed by atoms with Crippen molar-refractivity contribution in [2.24, 2.45) is 0 Å². The standard InChI is InChI=1S/C18H27NO3/c1-13(2)15-7-11-21-16(15)17(20)19-12-14-6-10-18(22-14)8-4-3-5-9-18/h7,11,13-14H,3-6,8-10,12H2,1-2H3,(H,19,20). The van der Waals surface area contributed by atoms with Crippen LogP contribution in [0.5, 0.6) is 0 Å². The number of carbonyl (C=O) groups is 1. The van der Waals surface area contributed by atoms with Crippen LogP contribution in [0.1, 0.15) is 80.8 Å². The SMILES string of the molecule is CC(C)c1ccoc1C(=O)NCC1CCC2(CCCCC2)O1. The summed E-state index contributed by atoms with van der Waals surface area (Å²) in [5, 5.41) is 2.99. The second-order valence-corrected chi connectivity index (χ2v) is 7.09. The highest BCUT2D eigenvalue weighted by atomic mass is 16.5. The Hall–Kier alpha value is -1.29. The fraction of sp³-hybridized carbons (Fsp3) is 0.722. The number of amides is 1. The van der Waals surface area contributed by atoms with Gasteiger partial charge in [-0.2, -0.15) is 0 Å². The first kappa shape index (κ1) is 15.6. The molecule has 2 aliphatic rings. The molecule has 1 aliphatic carbocycles. The minimum atomic E-state index is -0.123. The third-order valence-electron chi connectivity index (χ3n) is 5.12. The fourth-order valence-corrected chi connectivity index (χ4v) is 3.85. The number of ether oxygens (including phenoxy) is 1. The molecule has 3 rings (SSSR count). The zero-order valence-corrected chi connectivity index (χ0v) is 13.7. The van der Waals surface area contributed by atoms with Gasteiger partial charge in [0.1, 0.15) is 0 Å². The number of nitrogens with one attached hydrogen (secondary N) is 1. The van der Waals surface area contributed by atoms with Crippen molar-refractivity contribution in [3.8, 4) is 0 Å². The molecule has 1 atom stereocenters. The van der Waals surface area contributed by atoms with Crippen molar-refractivity contribution in [2.75, 3.05) is 6.54 Å². The zero-order valence-electron chi connectivity index (χ0n) is 13.7. The number of furan rings is 1. The molecule has 1 aromatic heterocycles. The molecule has 1 amide bonds. The van der Waals surface area contributed by atoms with E-state index in [4.69, 9.17) is 9.15 Å². The van der Waals surface area contributed by atoms with Crippen LogP contribution >= 0.6 is 0 Å².